The van der Waals surface area contributed by atoms with Crippen LogP contribution < -0.4 is 0 Å². The zero-order valence-electron chi connectivity index (χ0n) is 21.3. The van der Waals surface area contributed by atoms with E-state index in [0.717, 1.165) is 5.58 Å². The van der Waals surface area contributed by atoms with Crippen molar-refractivity contribution in [1.82, 2.24) is 10.2 Å². The van der Waals surface area contributed by atoms with Crippen LogP contribution in [0.1, 0.15) is 97.3 Å². The average Bonchev–Trinajstić information content (AvgIpc) is 3.41. The van der Waals surface area contributed by atoms with Crippen LogP contribution in [0.2, 0.25) is 0 Å². The summed E-state index contributed by atoms with van der Waals surface area (Å²) in [6, 6.07) is 10.7. The Hall–Kier alpha value is -2.55. The largest absolute Gasteiger partial charge is 0.464 e. The third kappa shape index (κ3) is 6.72. The second-order valence-corrected chi connectivity index (χ2v) is 8.28. The first-order valence-corrected chi connectivity index (χ1v) is 11.7. The molecule has 31 heavy (non-hydrogen) atoms. The monoisotopic (exact) mass is 424 g/mol. The van der Waals surface area contributed by atoms with Crippen LogP contribution in [-0.4, -0.2) is 10.2 Å². The molecule has 172 valence electrons. The molecule has 2 aromatic heterocycles. The quantitative estimate of drug-likeness (QED) is 0.348. The average molecular weight is 425 g/mol. The fourth-order valence-electron chi connectivity index (χ4n) is 3.35. The molecule has 0 aliphatic heterocycles. The van der Waals surface area contributed by atoms with Gasteiger partial charge in [0.2, 0.25) is 0 Å². The molecule has 4 aromatic rings. The van der Waals surface area contributed by atoms with Gasteiger partial charge in [-0.05, 0) is 54.0 Å². The Balaban J connectivity index is 0.000000489. The molecule has 0 unspecified atom stereocenters. The smallest absolute Gasteiger partial charge is 0.137 e. The zero-order valence-corrected chi connectivity index (χ0v) is 21.3. The van der Waals surface area contributed by atoms with E-state index in [1.165, 1.54) is 45.0 Å². The maximum atomic E-state index is 5.49. The van der Waals surface area contributed by atoms with Crippen molar-refractivity contribution in [2.45, 2.75) is 87.5 Å². The minimum absolute atomic E-state index is 0. The van der Waals surface area contributed by atoms with Crippen LogP contribution in [0.25, 0.3) is 21.9 Å². The molecule has 3 heteroatoms. The molecular formula is C28H44N2O. The van der Waals surface area contributed by atoms with E-state index in [4.69, 9.17) is 4.42 Å². The normalized spacial score (nSPS) is 10.3. The van der Waals surface area contributed by atoms with E-state index < -0.39 is 0 Å². The Morgan fingerprint density at radius 3 is 1.90 bits per heavy atom. The van der Waals surface area contributed by atoms with Crippen molar-refractivity contribution in [2.24, 2.45) is 0 Å². The number of rotatable bonds is 2. The molecule has 0 aliphatic carbocycles. The summed E-state index contributed by atoms with van der Waals surface area (Å²) < 4.78 is 5.49. The van der Waals surface area contributed by atoms with Crippen LogP contribution in [0.5, 0.6) is 0 Å². The lowest BCUT2D eigenvalue weighted by Gasteiger charge is -2.07. The molecule has 2 aromatic carbocycles. The number of aryl methyl sites for hydroxylation is 2. The molecule has 0 bridgehead atoms. The standard InChI is InChI=1S/C12H14O.C11H14N2.C3H8.C2H6.H2/c1-8(2)10-5-4-9(3)11-6-7-13-12(10)11;1-7(2)9-5-4-8(3)10-6-12-13-11(9)10;1-3-2;1-2;/h4-8H,1-3H3;4-7H,1-3H3,(H,12,13);3H2,1-2H3;1-2H3;1H. The van der Waals surface area contributed by atoms with Gasteiger partial charge in [0.05, 0.1) is 18.0 Å². The minimum Gasteiger partial charge on any atom is -0.464 e. The summed E-state index contributed by atoms with van der Waals surface area (Å²) in [6.07, 6.45) is 4.92. The first kappa shape index (κ1) is 26.5. The summed E-state index contributed by atoms with van der Waals surface area (Å²) in [6.45, 7) is 21.2. The SMILES string of the molecule is CC.CCC.Cc1ccc(C(C)C)c2[nH]ncc12.Cc1ccc(C(C)C)c2occc12.[HH]. The van der Waals surface area contributed by atoms with Gasteiger partial charge in [0.25, 0.3) is 0 Å². The van der Waals surface area contributed by atoms with E-state index in [0.29, 0.717) is 11.8 Å². The number of hydrogen-bond acceptors (Lipinski definition) is 2. The molecule has 4 rings (SSSR count). The van der Waals surface area contributed by atoms with Crippen molar-refractivity contribution in [2.75, 3.05) is 0 Å². The first-order chi connectivity index (χ1) is 14.8. The molecule has 0 amide bonds. The lowest BCUT2D eigenvalue weighted by atomic mass is 9.98. The van der Waals surface area contributed by atoms with E-state index in [-0.39, 0.29) is 1.43 Å². The Labute approximate surface area is 190 Å². The van der Waals surface area contributed by atoms with Gasteiger partial charge in [0, 0.05) is 12.2 Å². The van der Waals surface area contributed by atoms with Crippen LogP contribution in [0, 0.1) is 13.8 Å². The molecule has 0 spiro atoms. The summed E-state index contributed by atoms with van der Waals surface area (Å²) >= 11 is 0. The molecule has 0 fully saturated rings. The van der Waals surface area contributed by atoms with E-state index in [1.807, 2.05) is 26.1 Å². The number of benzene rings is 2. The Morgan fingerprint density at radius 1 is 0.839 bits per heavy atom. The van der Waals surface area contributed by atoms with E-state index in [1.54, 1.807) is 6.26 Å². The first-order valence-electron chi connectivity index (χ1n) is 11.7. The number of aromatic amines is 1. The van der Waals surface area contributed by atoms with Crippen molar-refractivity contribution in [3.8, 4) is 0 Å². The summed E-state index contributed by atoms with van der Waals surface area (Å²) in [4.78, 5) is 0. The van der Waals surface area contributed by atoms with E-state index in [2.05, 4.69) is 89.9 Å². The van der Waals surface area contributed by atoms with Gasteiger partial charge in [-0.25, -0.2) is 0 Å². The fraction of sp³-hybridized carbons (Fsp3) is 0.464. The molecule has 0 atom stereocenters. The van der Waals surface area contributed by atoms with Gasteiger partial charge in [0.1, 0.15) is 5.58 Å². The van der Waals surface area contributed by atoms with Gasteiger partial charge < -0.3 is 4.42 Å². The molecule has 1 N–H and O–H groups in total. The topological polar surface area (TPSA) is 41.8 Å². The highest BCUT2D eigenvalue weighted by molar-refractivity contribution is 5.85. The molecule has 0 radical (unpaired) electrons. The van der Waals surface area contributed by atoms with Gasteiger partial charge >= 0.3 is 0 Å². The Morgan fingerprint density at radius 2 is 1.35 bits per heavy atom. The molecular weight excluding hydrogens is 380 g/mol. The predicted octanol–water partition coefficient (Wildman–Crippen LogP) is 9.55. The lowest BCUT2D eigenvalue weighted by Crippen LogP contribution is -1.90. The van der Waals surface area contributed by atoms with Crippen LogP contribution in [0.3, 0.4) is 0 Å². The number of fused-ring (bicyclic) bond motifs is 2. The van der Waals surface area contributed by atoms with Crippen LogP contribution in [-0.2, 0) is 0 Å². The van der Waals surface area contributed by atoms with Crippen molar-refractivity contribution < 1.29 is 5.84 Å². The number of furan rings is 1. The zero-order chi connectivity index (χ0) is 23.6. The van der Waals surface area contributed by atoms with Crippen molar-refractivity contribution in [3.63, 3.8) is 0 Å². The maximum absolute atomic E-state index is 5.49. The highest BCUT2D eigenvalue weighted by atomic mass is 16.3. The van der Waals surface area contributed by atoms with Crippen LogP contribution in [0.4, 0.5) is 0 Å². The van der Waals surface area contributed by atoms with Crippen LogP contribution >= 0.6 is 0 Å². The highest BCUT2D eigenvalue weighted by Gasteiger charge is 2.09. The second-order valence-electron chi connectivity index (χ2n) is 8.28. The van der Waals surface area contributed by atoms with Gasteiger partial charge in [-0.1, -0.05) is 86.1 Å². The Kier molecular flexibility index (Phi) is 11.1. The molecule has 2 heterocycles. The molecule has 0 aliphatic rings. The fourth-order valence-corrected chi connectivity index (χ4v) is 3.35. The molecule has 0 saturated carbocycles. The van der Waals surface area contributed by atoms with Gasteiger partial charge in [-0.2, -0.15) is 5.10 Å². The van der Waals surface area contributed by atoms with E-state index in [9.17, 15) is 0 Å². The van der Waals surface area contributed by atoms with Gasteiger partial charge in [-0.15, -0.1) is 0 Å². The maximum Gasteiger partial charge on any atom is 0.137 e. The van der Waals surface area contributed by atoms with Gasteiger partial charge in [-0.3, -0.25) is 5.10 Å². The summed E-state index contributed by atoms with van der Waals surface area (Å²) in [7, 11) is 0. The highest BCUT2D eigenvalue weighted by Crippen LogP contribution is 2.28. The van der Waals surface area contributed by atoms with Crippen molar-refractivity contribution in [3.05, 3.63) is 65.0 Å². The molecule has 3 nitrogen and oxygen atoms in total. The minimum atomic E-state index is 0. The van der Waals surface area contributed by atoms with Crippen LogP contribution in [0.15, 0.2) is 47.2 Å². The predicted molar refractivity (Wildman–Crippen MR) is 139 cm³/mol. The second kappa shape index (κ2) is 13.0. The number of nitrogens with one attached hydrogen (secondary N) is 1. The third-order valence-electron chi connectivity index (χ3n) is 4.97. The van der Waals surface area contributed by atoms with Crippen molar-refractivity contribution >= 4 is 21.9 Å². The number of aromatic nitrogens is 2. The number of hydrogen-bond donors (Lipinski definition) is 1. The molecule has 0 saturated heterocycles. The van der Waals surface area contributed by atoms with Crippen molar-refractivity contribution in [1.29, 1.82) is 0 Å². The number of H-pyrrole nitrogens is 1. The summed E-state index contributed by atoms with van der Waals surface area (Å²) in [5.41, 5.74) is 7.45. The summed E-state index contributed by atoms with van der Waals surface area (Å²) in [5.74, 6) is 1.07. The third-order valence-corrected chi connectivity index (χ3v) is 4.97. The van der Waals surface area contributed by atoms with Gasteiger partial charge in [0.15, 0.2) is 0 Å². The number of nitrogens with zero attached hydrogens (tertiary/aromatic N) is 1. The van der Waals surface area contributed by atoms with E-state index >= 15 is 0 Å². The Bertz CT molecular complexity index is 960. The lowest BCUT2D eigenvalue weighted by molar-refractivity contribution is 0.607. The summed E-state index contributed by atoms with van der Waals surface area (Å²) in [5, 5.41) is 9.62.